The lowest BCUT2D eigenvalue weighted by Crippen LogP contribution is -2.32. The van der Waals surface area contributed by atoms with Gasteiger partial charge < -0.3 is 14.4 Å². The molecule has 0 aromatic heterocycles. The normalized spacial score (nSPS) is 11.9. The summed E-state index contributed by atoms with van der Waals surface area (Å²) >= 11 is 0. The highest BCUT2D eigenvalue weighted by Gasteiger charge is 2.26. The molecule has 4 aromatic carbocycles. The van der Waals surface area contributed by atoms with Gasteiger partial charge in [-0.25, -0.2) is 9.37 Å². The largest absolute Gasteiger partial charge is 0.478 e. The third-order valence-corrected chi connectivity index (χ3v) is 30.7. The highest BCUT2D eigenvalue weighted by Crippen LogP contribution is 2.43. The molecule has 4 aromatic rings. The van der Waals surface area contributed by atoms with Crippen LogP contribution in [0.1, 0.15) is 564 Å². The number of fused-ring (bicyclic) bond motifs is 3. The summed E-state index contributed by atoms with van der Waals surface area (Å²) in [5.74, 6) is -0.0399. The fourth-order valence-electron chi connectivity index (χ4n) is 20.4. The van der Waals surface area contributed by atoms with E-state index >= 15 is 0 Å². The maximum absolute atomic E-state index is 13.1. The van der Waals surface area contributed by atoms with Crippen molar-refractivity contribution >= 4 is 53.6 Å². The number of nitrogens with zero attached hydrogens (tertiary/aromatic N) is 2. The summed E-state index contributed by atoms with van der Waals surface area (Å²) in [6.45, 7) is 17.8. The Bertz CT molecular complexity index is 3960. The summed E-state index contributed by atoms with van der Waals surface area (Å²) in [5, 5.41) is 14.0. The topological polar surface area (TPSA) is 165 Å². The molecule has 6 rings (SSSR count). The summed E-state index contributed by atoms with van der Waals surface area (Å²) < 4.78 is 78.0. The number of anilines is 1. The van der Waals surface area contributed by atoms with E-state index in [1.54, 1.807) is 18.2 Å². The minimum atomic E-state index is -4.48. The first-order chi connectivity index (χ1) is 65.1. The van der Waals surface area contributed by atoms with Gasteiger partial charge in [0, 0.05) is 60.3 Å². The molecule has 13 heteroatoms. The van der Waals surface area contributed by atoms with Gasteiger partial charge in [-0.2, -0.15) is 16.8 Å². The molecule has 0 spiro atoms. The Morgan fingerprint density at radius 2 is 0.579 bits per heavy atom. The van der Waals surface area contributed by atoms with Crippen LogP contribution in [-0.4, -0.2) is 63.2 Å². The number of carboxylic acid groups (broad SMARTS) is 1. The highest BCUT2D eigenvalue weighted by atomic mass is 32.2. The molecule has 1 aliphatic heterocycles. The second-order valence-electron chi connectivity index (χ2n) is 40.8. The van der Waals surface area contributed by atoms with Crippen LogP contribution in [0.5, 0.6) is 0 Å². The van der Waals surface area contributed by atoms with Gasteiger partial charge in [0.1, 0.15) is 24.4 Å². The van der Waals surface area contributed by atoms with Crippen molar-refractivity contribution in [2.75, 3.05) is 31.1 Å². The molecular formula is C120H203N2O9S2+. The van der Waals surface area contributed by atoms with Gasteiger partial charge in [0.05, 0.1) is 21.4 Å². The Labute approximate surface area is 818 Å². The standard InChI is InChI=1S/C92H158N2O3.C28H44O6S2/c1-5-9-13-17-21-25-29-33-37-41-45-49-53-57-61-67-77-93(78-68-62-58-54-50-46-42-38-34-30-26-22-18-14-10-6-2)83-73-75-87-89(81-83)97-90-82-84(74-76-88(90)91(87)85-71-65-66-72-86(85)92(95)96)94(79-69-63-59-55-51-47-43-39-35-31-27-23-19-15-11-7-3)80-70-64-60-56-52-48-44-40-36-32-28-24-20-16-12-8-4;1-3-5-7-9-11-13-15-17-23-19-25-20-24(18-16-14-12-10-8-6-4-2)28(36(32,33)34)22-26(25)21-27(23)35(29,30)31/h65-66,71-76,81-82H,5-64,67-70,77-80H2,1-4H3;19-22H,3-18H2,1-2H3,(H,29,30,31)(H,32,33,34)/p+1. The van der Waals surface area contributed by atoms with Gasteiger partial charge in [-0.15, -0.1) is 0 Å². The van der Waals surface area contributed by atoms with Crippen LogP contribution in [-0.2, 0) is 33.1 Å². The van der Waals surface area contributed by atoms with Gasteiger partial charge in [-0.05, 0) is 127 Å². The van der Waals surface area contributed by atoms with Gasteiger partial charge in [0.15, 0.2) is 0 Å². The van der Waals surface area contributed by atoms with E-state index in [1.165, 1.54) is 473 Å². The van der Waals surface area contributed by atoms with Gasteiger partial charge in [0.25, 0.3) is 20.2 Å². The Hall–Kier alpha value is -5.08. The van der Waals surface area contributed by atoms with E-state index in [-0.39, 0.29) is 9.79 Å². The first kappa shape index (κ1) is 118. The average molecular weight is 1880 g/mol. The molecule has 11 nitrogen and oxygen atoms in total. The van der Waals surface area contributed by atoms with Crippen LogP contribution >= 0.6 is 0 Å². The number of aryl methyl sites for hydroxylation is 2. The molecule has 0 saturated carbocycles. The zero-order valence-electron chi connectivity index (χ0n) is 87.0. The summed E-state index contributed by atoms with van der Waals surface area (Å²) in [4.78, 5) is 15.4. The van der Waals surface area contributed by atoms with E-state index in [0.29, 0.717) is 40.3 Å². The Kier molecular flexibility index (Phi) is 70.1. The van der Waals surface area contributed by atoms with E-state index < -0.39 is 26.2 Å². The molecule has 0 atom stereocenters. The van der Waals surface area contributed by atoms with Crippen LogP contribution in [0.2, 0.25) is 0 Å². The van der Waals surface area contributed by atoms with E-state index in [9.17, 15) is 35.8 Å². The lowest BCUT2D eigenvalue weighted by molar-refractivity contribution is 0.0697. The van der Waals surface area contributed by atoms with E-state index in [2.05, 4.69) is 87.4 Å². The second-order valence-corrected chi connectivity index (χ2v) is 43.6. The fraction of sp³-hybridized carbons (Fsp3) is 0.750. The summed E-state index contributed by atoms with van der Waals surface area (Å²) in [6, 6.07) is 27.6. The Morgan fingerprint density at radius 3 is 0.880 bits per heavy atom. The van der Waals surface area contributed by atoms with Gasteiger partial charge >= 0.3 is 5.97 Å². The molecule has 0 saturated heterocycles. The van der Waals surface area contributed by atoms with Crippen molar-refractivity contribution in [3.05, 3.63) is 107 Å². The molecule has 1 heterocycles. The van der Waals surface area contributed by atoms with Crippen molar-refractivity contribution in [2.24, 2.45) is 0 Å². The number of rotatable bonds is 89. The van der Waals surface area contributed by atoms with Crippen LogP contribution in [0, 0.1) is 0 Å². The second kappa shape index (κ2) is 78.7. The minimum Gasteiger partial charge on any atom is -0.478 e. The number of benzene rings is 5. The quantitative estimate of drug-likeness (QED) is 0.0145. The molecule has 758 valence electrons. The molecule has 0 unspecified atom stereocenters. The average Bonchev–Trinajstić information content (AvgIpc) is 0.747. The predicted octanol–water partition coefficient (Wildman–Crippen LogP) is 38.4. The van der Waals surface area contributed by atoms with Crippen molar-refractivity contribution < 1.29 is 40.3 Å². The van der Waals surface area contributed by atoms with E-state index in [0.717, 1.165) is 111 Å². The lowest BCUT2D eigenvalue weighted by Gasteiger charge is -2.26. The maximum Gasteiger partial charge on any atom is 0.336 e. The summed E-state index contributed by atoms with van der Waals surface area (Å²) in [6.07, 6.45) is 105. The van der Waals surface area contributed by atoms with Crippen LogP contribution in [0.4, 0.5) is 5.69 Å². The number of hydrogen-bond donors (Lipinski definition) is 3. The SMILES string of the molecule is CCCCCCCCCCCCCCCCCCN(CCCCCCCCCCCCCCCCCC)c1ccc2c(-c3ccccc3C(=O)O)c3ccc(=[N+](CCCCCCCCCCCCCCCCCC)CCCCCCCCCCCCCCCCCC)cc-3oc2c1.CCCCCCCCCc1cc2cc(CCCCCCCCC)c(S(=O)(=O)O)cc2cc1S(=O)(=O)O. The Balaban J connectivity index is 0.000000721. The summed E-state index contributed by atoms with van der Waals surface area (Å²) in [7, 11) is -8.95. The summed E-state index contributed by atoms with van der Waals surface area (Å²) in [5.41, 5.74) is 6.23. The number of unbranched alkanes of at least 4 members (excludes halogenated alkanes) is 72. The number of carbonyl (C=O) groups is 1. The smallest absolute Gasteiger partial charge is 0.336 e. The van der Waals surface area contributed by atoms with Crippen LogP contribution in [0.25, 0.3) is 44.2 Å². The number of hydrogen-bond acceptors (Lipinski definition) is 7. The lowest BCUT2D eigenvalue weighted by atomic mass is 9.90. The third kappa shape index (κ3) is 54.9. The predicted molar refractivity (Wildman–Crippen MR) is 578 cm³/mol. The number of carboxylic acids is 1. The van der Waals surface area contributed by atoms with E-state index in [1.807, 2.05) is 18.2 Å². The molecule has 0 radical (unpaired) electrons. The third-order valence-electron chi connectivity index (χ3n) is 28.8. The molecule has 133 heavy (non-hydrogen) atoms. The van der Waals surface area contributed by atoms with Crippen LogP contribution in [0.3, 0.4) is 0 Å². The molecule has 3 N–H and O–H groups in total. The highest BCUT2D eigenvalue weighted by molar-refractivity contribution is 7.86. The zero-order chi connectivity index (χ0) is 95.4. The molecule has 2 aliphatic rings. The maximum atomic E-state index is 13.1. The first-order valence-corrected chi connectivity index (χ1v) is 60.2. The Morgan fingerprint density at radius 1 is 0.301 bits per heavy atom. The van der Waals surface area contributed by atoms with Crippen molar-refractivity contribution in [2.45, 2.75) is 565 Å². The van der Waals surface area contributed by atoms with Gasteiger partial charge in [-0.3, -0.25) is 9.11 Å². The van der Waals surface area contributed by atoms with Crippen molar-refractivity contribution in [1.82, 2.24) is 4.58 Å². The molecule has 0 amide bonds. The van der Waals surface area contributed by atoms with Crippen molar-refractivity contribution in [1.29, 1.82) is 0 Å². The van der Waals surface area contributed by atoms with E-state index in [4.69, 9.17) is 4.42 Å². The molecule has 1 aliphatic carbocycles. The van der Waals surface area contributed by atoms with Gasteiger partial charge in [0.2, 0.25) is 5.36 Å². The van der Waals surface area contributed by atoms with Crippen molar-refractivity contribution in [3.63, 3.8) is 0 Å². The zero-order valence-corrected chi connectivity index (χ0v) is 88.6. The first-order valence-electron chi connectivity index (χ1n) is 57.3. The number of aromatic carboxylic acids is 1. The monoisotopic (exact) mass is 1880 g/mol. The minimum absolute atomic E-state index is 0.193. The van der Waals surface area contributed by atoms with Crippen LogP contribution < -0.4 is 14.8 Å². The molecule has 0 fully saturated rings. The molecule has 0 bridgehead atoms. The van der Waals surface area contributed by atoms with Crippen molar-refractivity contribution in [3.8, 4) is 22.5 Å². The molecular weight excluding hydrogens is 1680 g/mol. The van der Waals surface area contributed by atoms with Crippen LogP contribution in [0.15, 0.2) is 99.1 Å². The fourth-order valence-corrected chi connectivity index (χ4v) is 21.9. The van der Waals surface area contributed by atoms with Gasteiger partial charge in [-0.1, -0.05) is 509 Å².